The molecule has 0 radical (unpaired) electrons. The van der Waals surface area contributed by atoms with E-state index in [1.807, 2.05) is 0 Å². The molecule has 1 fully saturated rings. The normalized spacial score (nSPS) is 24.1. The van der Waals surface area contributed by atoms with Crippen LogP contribution in [0.25, 0.3) is 0 Å². The first-order chi connectivity index (χ1) is 19.3. The molecule has 0 aromatic carbocycles. The van der Waals surface area contributed by atoms with Crippen LogP contribution in [0.4, 0.5) is 0 Å². The summed E-state index contributed by atoms with van der Waals surface area (Å²) < 4.78 is 22.4. The lowest BCUT2D eigenvalue weighted by atomic mass is 9.84. The average molecular weight is 621 g/mol. The molecule has 0 unspecified atom stereocenters. The predicted molar refractivity (Wildman–Crippen MR) is 146 cm³/mol. The third-order valence-electron chi connectivity index (χ3n) is 5.86. The highest BCUT2D eigenvalue weighted by atomic mass is 32.1. The summed E-state index contributed by atoms with van der Waals surface area (Å²) >= 11 is 4.30. The van der Waals surface area contributed by atoms with Gasteiger partial charge in [-0.1, -0.05) is 24.3 Å². The van der Waals surface area contributed by atoms with E-state index in [0.29, 0.717) is 0 Å². The number of carbonyl (C=O) groups is 4. The maximum absolute atomic E-state index is 13.1. The van der Waals surface area contributed by atoms with E-state index < -0.39 is 60.5 Å². The first kappa shape index (κ1) is 28.1. The van der Waals surface area contributed by atoms with Gasteiger partial charge in [-0.05, 0) is 45.8 Å². The maximum atomic E-state index is 13.1. The van der Waals surface area contributed by atoms with Gasteiger partial charge in [0.05, 0.1) is 0 Å². The standard InChI is InChI=1S/C26H20O10S4/c27-17-18(28)20(34-24(30)14-6-2-10-38-14)22(36-26(32)16-8-4-12-40-16)21(35-25(31)15-7-3-11-39-15)19(17)33-23(29)13-5-1-9-37-13/h1-12,17-22,27-28H/t17-,18+,19+,20-,21-,22+. The predicted octanol–water partition coefficient (Wildman–Crippen LogP) is 3.87. The van der Waals surface area contributed by atoms with Gasteiger partial charge in [-0.25, -0.2) is 19.2 Å². The molecule has 2 N–H and O–H groups in total. The van der Waals surface area contributed by atoms with Crippen molar-refractivity contribution in [2.45, 2.75) is 36.6 Å². The number of rotatable bonds is 8. The molecule has 40 heavy (non-hydrogen) atoms. The summed E-state index contributed by atoms with van der Waals surface area (Å²) in [5, 5.41) is 28.8. The van der Waals surface area contributed by atoms with E-state index in [1.54, 1.807) is 45.8 Å². The van der Waals surface area contributed by atoms with Gasteiger partial charge in [-0.15, -0.1) is 45.3 Å². The second kappa shape index (κ2) is 12.4. The molecule has 1 aliphatic rings. The van der Waals surface area contributed by atoms with Crippen LogP contribution in [-0.4, -0.2) is 70.7 Å². The molecule has 208 valence electrons. The molecule has 0 saturated heterocycles. The number of aliphatic hydroxyl groups is 2. The fourth-order valence-electron chi connectivity index (χ4n) is 4.00. The fraction of sp³-hybridized carbons (Fsp3) is 0.231. The highest BCUT2D eigenvalue weighted by Gasteiger charge is 2.57. The lowest BCUT2D eigenvalue weighted by Gasteiger charge is -2.45. The summed E-state index contributed by atoms with van der Waals surface area (Å²) in [7, 11) is 0. The minimum atomic E-state index is -1.89. The summed E-state index contributed by atoms with van der Waals surface area (Å²) in [5.41, 5.74) is 0. The van der Waals surface area contributed by atoms with E-state index in [0.717, 1.165) is 45.3 Å². The number of carbonyl (C=O) groups excluding carboxylic acids is 4. The SMILES string of the molecule is O=C(O[C@@H]1[C@H](OC(=O)c2cccs2)[C@@H](OC(=O)c2cccs2)[C@H](O)[C@H](O)[C@H]1OC(=O)c1cccs1)c1cccs1. The van der Waals surface area contributed by atoms with E-state index >= 15 is 0 Å². The van der Waals surface area contributed by atoms with Crippen LogP contribution in [0.2, 0.25) is 0 Å². The van der Waals surface area contributed by atoms with Crippen molar-refractivity contribution in [2.24, 2.45) is 0 Å². The second-order valence-electron chi connectivity index (χ2n) is 8.37. The van der Waals surface area contributed by atoms with Gasteiger partial charge < -0.3 is 29.2 Å². The Kier molecular flexibility index (Phi) is 8.73. The Morgan fingerprint density at radius 3 is 0.950 bits per heavy atom. The minimum absolute atomic E-state index is 0.180. The van der Waals surface area contributed by atoms with Gasteiger partial charge in [-0.2, -0.15) is 0 Å². The Morgan fingerprint density at radius 1 is 0.475 bits per heavy atom. The van der Waals surface area contributed by atoms with Gasteiger partial charge in [0.1, 0.15) is 31.7 Å². The number of aliphatic hydroxyl groups excluding tert-OH is 2. The van der Waals surface area contributed by atoms with E-state index in [9.17, 15) is 29.4 Å². The van der Waals surface area contributed by atoms with Crippen molar-refractivity contribution >= 4 is 69.2 Å². The molecular weight excluding hydrogens is 601 g/mol. The minimum Gasteiger partial charge on any atom is -0.451 e. The summed E-state index contributed by atoms with van der Waals surface area (Å²) in [6.45, 7) is 0. The van der Waals surface area contributed by atoms with E-state index in [2.05, 4.69) is 0 Å². The summed E-state index contributed by atoms with van der Waals surface area (Å²) in [6.07, 6.45) is -10.5. The number of ether oxygens (including phenoxy) is 4. The van der Waals surface area contributed by atoms with Gasteiger partial charge >= 0.3 is 23.9 Å². The van der Waals surface area contributed by atoms with Gasteiger partial charge in [0.2, 0.25) is 0 Å². The van der Waals surface area contributed by atoms with Crippen LogP contribution in [-0.2, 0) is 18.9 Å². The van der Waals surface area contributed by atoms with Crippen LogP contribution in [0.1, 0.15) is 38.7 Å². The molecule has 4 aromatic heterocycles. The van der Waals surface area contributed by atoms with Crippen molar-refractivity contribution in [3.8, 4) is 0 Å². The molecule has 0 spiro atoms. The van der Waals surface area contributed by atoms with Gasteiger partial charge in [0.25, 0.3) is 0 Å². The zero-order valence-electron chi connectivity index (χ0n) is 20.2. The zero-order chi connectivity index (χ0) is 28.2. The third-order valence-corrected chi connectivity index (χ3v) is 9.26. The topological polar surface area (TPSA) is 146 Å². The Morgan fingerprint density at radius 2 is 0.725 bits per heavy atom. The van der Waals surface area contributed by atoms with Crippen molar-refractivity contribution in [3.05, 3.63) is 89.6 Å². The van der Waals surface area contributed by atoms with E-state index in [-0.39, 0.29) is 19.5 Å². The van der Waals surface area contributed by atoms with Crippen LogP contribution < -0.4 is 0 Å². The van der Waals surface area contributed by atoms with E-state index in [4.69, 9.17) is 18.9 Å². The summed E-state index contributed by atoms with van der Waals surface area (Å²) in [5.74, 6) is -3.44. The molecule has 4 heterocycles. The smallest absolute Gasteiger partial charge is 0.348 e. The quantitative estimate of drug-likeness (QED) is 0.220. The van der Waals surface area contributed by atoms with Gasteiger partial charge in [-0.3, -0.25) is 0 Å². The summed E-state index contributed by atoms with van der Waals surface area (Å²) in [4.78, 5) is 52.6. The molecule has 14 heteroatoms. The van der Waals surface area contributed by atoms with Crippen molar-refractivity contribution in [2.75, 3.05) is 0 Å². The number of thiophene rings is 4. The van der Waals surface area contributed by atoms with Crippen LogP contribution in [0.5, 0.6) is 0 Å². The highest BCUT2D eigenvalue weighted by Crippen LogP contribution is 2.34. The van der Waals surface area contributed by atoms with Crippen molar-refractivity contribution in [3.63, 3.8) is 0 Å². The first-order valence-electron chi connectivity index (χ1n) is 11.7. The molecule has 10 nitrogen and oxygen atoms in total. The Labute approximate surface area is 242 Å². The summed E-state index contributed by atoms with van der Waals surface area (Å²) in [6, 6.07) is 12.4. The first-order valence-corrected chi connectivity index (χ1v) is 15.2. The van der Waals surface area contributed by atoms with Crippen LogP contribution in [0.3, 0.4) is 0 Å². The molecule has 5 rings (SSSR count). The van der Waals surface area contributed by atoms with Crippen molar-refractivity contribution < 1.29 is 48.3 Å². The molecular formula is C26H20O10S4. The molecule has 0 bridgehead atoms. The zero-order valence-corrected chi connectivity index (χ0v) is 23.5. The second-order valence-corrected chi connectivity index (χ2v) is 12.2. The van der Waals surface area contributed by atoms with Crippen molar-refractivity contribution in [1.29, 1.82) is 0 Å². The Balaban J connectivity index is 1.52. The highest BCUT2D eigenvalue weighted by molar-refractivity contribution is 7.12. The maximum Gasteiger partial charge on any atom is 0.348 e. The number of hydrogen-bond donors (Lipinski definition) is 2. The van der Waals surface area contributed by atoms with Crippen molar-refractivity contribution in [1.82, 2.24) is 0 Å². The lowest BCUT2D eigenvalue weighted by molar-refractivity contribution is -0.223. The molecule has 1 saturated carbocycles. The molecule has 1 aliphatic carbocycles. The number of hydrogen-bond acceptors (Lipinski definition) is 14. The average Bonchev–Trinajstić information content (AvgIpc) is 3.78. The van der Waals surface area contributed by atoms with Crippen LogP contribution in [0.15, 0.2) is 70.1 Å². The molecule has 6 atom stereocenters. The van der Waals surface area contributed by atoms with Crippen LogP contribution >= 0.6 is 45.3 Å². The van der Waals surface area contributed by atoms with E-state index in [1.165, 1.54) is 24.3 Å². The molecule has 0 amide bonds. The molecule has 4 aromatic rings. The van der Waals surface area contributed by atoms with Gasteiger partial charge in [0.15, 0.2) is 24.4 Å². The largest absolute Gasteiger partial charge is 0.451 e. The molecule has 0 aliphatic heterocycles. The Bertz CT molecular complexity index is 1320. The lowest BCUT2D eigenvalue weighted by Crippen LogP contribution is -2.67. The Hall–Kier alpha value is -3.40. The fourth-order valence-corrected chi connectivity index (χ4v) is 6.42. The number of esters is 4. The van der Waals surface area contributed by atoms with Gasteiger partial charge in [0, 0.05) is 0 Å². The third kappa shape index (κ3) is 6.01. The van der Waals surface area contributed by atoms with Crippen LogP contribution in [0, 0.1) is 0 Å². The monoisotopic (exact) mass is 620 g/mol.